The normalized spacial score (nSPS) is 15.9. The molecule has 0 saturated carbocycles. The van der Waals surface area contributed by atoms with E-state index in [0.717, 1.165) is 5.57 Å². The summed E-state index contributed by atoms with van der Waals surface area (Å²) < 4.78 is 32.0. The van der Waals surface area contributed by atoms with Gasteiger partial charge in [-0.1, -0.05) is 18.2 Å². The van der Waals surface area contributed by atoms with Gasteiger partial charge in [0, 0.05) is 31.7 Å². The van der Waals surface area contributed by atoms with Crippen LogP contribution in [0.2, 0.25) is 0 Å². The van der Waals surface area contributed by atoms with Crippen LogP contribution in [-0.4, -0.2) is 62.9 Å². The van der Waals surface area contributed by atoms with Crippen molar-refractivity contribution in [2.24, 2.45) is 0 Å². The number of morpholine rings is 1. The van der Waals surface area contributed by atoms with Crippen LogP contribution in [0.5, 0.6) is 0 Å². The fourth-order valence-corrected chi connectivity index (χ4v) is 4.02. The Labute approximate surface area is 143 Å². The van der Waals surface area contributed by atoms with E-state index in [0.29, 0.717) is 45.0 Å². The summed E-state index contributed by atoms with van der Waals surface area (Å²) in [6.07, 6.45) is 0. The van der Waals surface area contributed by atoms with Crippen LogP contribution >= 0.6 is 0 Å². The molecule has 1 saturated heterocycles. The molecule has 2 rings (SSSR count). The number of ether oxygens (including phenoxy) is 1. The molecule has 0 unspecified atom stereocenters. The maximum Gasteiger partial charge on any atom is 0.254 e. The SMILES string of the molecule is C=C(C)CN(CC)C(=O)c1cccc(S(=O)(=O)N2CCOCC2)c1. The van der Waals surface area contributed by atoms with Gasteiger partial charge < -0.3 is 9.64 Å². The topological polar surface area (TPSA) is 66.9 Å². The van der Waals surface area contributed by atoms with Gasteiger partial charge in [-0.15, -0.1) is 0 Å². The largest absolute Gasteiger partial charge is 0.379 e. The molecule has 7 heteroatoms. The summed E-state index contributed by atoms with van der Waals surface area (Å²) in [5, 5.41) is 0. The summed E-state index contributed by atoms with van der Waals surface area (Å²) in [5.74, 6) is -0.195. The summed E-state index contributed by atoms with van der Waals surface area (Å²) in [6, 6.07) is 6.22. The lowest BCUT2D eigenvalue weighted by atomic mass is 10.2. The molecule has 0 radical (unpaired) electrons. The highest BCUT2D eigenvalue weighted by Crippen LogP contribution is 2.19. The second-order valence-electron chi connectivity index (χ2n) is 5.82. The number of hydrogen-bond acceptors (Lipinski definition) is 4. The lowest BCUT2D eigenvalue weighted by Crippen LogP contribution is -2.40. The van der Waals surface area contributed by atoms with E-state index < -0.39 is 10.0 Å². The third-order valence-electron chi connectivity index (χ3n) is 3.82. The molecule has 0 bridgehead atoms. The number of sulfonamides is 1. The van der Waals surface area contributed by atoms with Crippen molar-refractivity contribution in [3.8, 4) is 0 Å². The second kappa shape index (κ2) is 7.92. The quantitative estimate of drug-likeness (QED) is 0.732. The van der Waals surface area contributed by atoms with Gasteiger partial charge in [-0.05, 0) is 32.0 Å². The van der Waals surface area contributed by atoms with Gasteiger partial charge in [0.2, 0.25) is 10.0 Å². The number of nitrogens with zero attached hydrogens (tertiary/aromatic N) is 2. The number of rotatable bonds is 6. The first kappa shape index (κ1) is 18.6. The van der Waals surface area contributed by atoms with Gasteiger partial charge >= 0.3 is 0 Å². The number of carbonyl (C=O) groups is 1. The van der Waals surface area contributed by atoms with Crippen molar-refractivity contribution in [3.63, 3.8) is 0 Å². The summed E-state index contributed by atoms with van der Waals surface area (Å²) in [4.78, 5) is 14.4. The molecule has 0 atom stereocenters. The van der Waals surface area contributed by atoms with Gasteiger partial charge in [0.25, 0.3) is 5.91 Å². The maximum absolute atomic E-state index is 12.7. The maximum atomic E-state index is 12.7. The van der Waals surface area contributed by atoms with Crippen LogP contribution < -0.4 is 0 Å². The highest BCUT2D eigenvalue weighted by Gasteiger charge is 2.27. The van der Waals surface area contributed by atoms with Gasteiger partial charge in [-0.3, -0.25) is 4.79 Å². The molecule has 0 aliphatic carbocycles. The molecule has 1 aliphatic rings. The van der Waals surface area contributed by atoms with Crippen molar-refractivity contribution in [1.29, 1.82) is 0 Å². The standard InChI is InChI=1S/C17H24N2O4S/c1-4-18(13-14(2)3)17(20)15-6-5-7-16(12-15)24(21,22)19-8-10-23-11-9-19/h5-7,12H,2,4,8-11,13H2,1,3H3. The molecule has 6 nitrogen and oxygen atoms in total. The van der Waals surface area contributed by atoms with Gasteiger partial charge in [-0.2, -0.15) is 4.31 Å². The summed E-state index contributed by atoms with van der Waals surface area (Å²) >= 11 is 0. The molecule has 1 fully saturated rings. The molecule has 0 N–H and O–H groups in total. The predicted molar refractivity (Wildman–Crippen MR) is 92.4 cm³/mol. The molecule has 1 amide bonds. The Morgan fingerprint density at radius 1 is 1.33 bits per heavy atom. The number of hydrogen-bond donors (Lipinski definition) is 0. The van der Waals surface area contributed by atoms with E-state index in [4.69, 9.17) is 4.74 Å². The van der Waals surface area contributed by atoms with Gasteiger partial charge in [0.15, 0.2) is 0 Å². The zero-order valence-electron chi connectivity index (χ0n) is 14.2. The lowest BCUT2D eigenvalue weighted by molar-refractivity contribution is 0.0730. The minimum Gasteiger partial charge on any atom is -0.379 e. The first-order valence-electron chi connectivity index (χ1n) is 7.98. The highest BCUT2D eigenvalue weighted by molar-refractivity contribution is 7.89. The van der Waals surface area contributed by atoms with Crippen molar-refractivity contribution < 1.29 is 17.9 Å². The van der Waals surface area contributed by atoms with Crippen LogP contribution in [0.15, 0.2) is 41.3 Å². The lowest BCUT2D eigenvalue weighted by Gasteiger charge is -2.26. The number of amides is 1. The van der Waals surface area contributed by atoms with Gasteiger partial charge in [0.05, 0.1) is 18.1 Å². The minimum atomic E-state index is -3.61. The molecule has 1 aromatic carbocycles. The van der Waals surface area contributed by atoms with Crippen LogP contribution in [0.3, 0.4) is 0 Å². The molecule has 132 valence electrons. The first-order chi connectivity index (χ1) is 11.4. The van der Waals surface area contributed by atoms with Crippen LogP contribution in [0.1, 0.15) is 24.2 Å². The molecule has 24 heavy (non-hydrogen) atoms. The molecule has 1 aromatic rings. The Balaban J connectivity index is 2.27. The smallest absolute Gasteiger partial charge is 0.254 e. The number of likely N-dealkylation sites (N-methyl/N-ethyl adjacent to an activating group) is 1. The minimum absolute atomic E-state index is 0.140. The third kappa shape index (κ3) is 4.23. The van der Waals surface area contributed by atoms with Crippen LogP contribution in [0.4, 0.5) is 0 Å². The highest BCUT2D eigenvalue weighted by atomic mass is 32.2. The van der Waals surface area contributed by atoms with Crippen LogP contribution in [0, 0.1) is 0 Å². The fourth-order valence-electron chi connectivity index (χ4n) is 2.56. The van der Waals surface area contributed by atoms with E-state index in [9.17, 15) is 13.2 Å². The Morgan fingerprint density at radius 3 is 2.58 bits per heavy atom. The second-order valence-corrected chi connectivity index (χ2v) is 7.76. The average Bonchev–Trinajstić information content (AvgIpc) is 2.59. The zero-order chi connectivity index (χ0) is 17.7. The monoisotopic (exact) mass is 352 g/mol. The number of carbonyl (C=O) groups excluding carboxylic acids is 1. The summed E-state index contributed by atoms with van der Waals surface area (Å²) in [5.41, 5.74) is 1.25. The van der Waals surface area contributed by atoms with E-state index in [1.54, 1.807) is 17.0 Å². The Hall–Kier alpha value is -1.70. The first-order valence-corrected chi connectivity index (χ1v) is 9.42. The molecule has 1 aliphatic heterocycles. The van der Waals surface area contributed by atoms with Crippen molar-refractivity contribution in [2.45, 2.75) is 18.7 Å². The Kier molecular flexibility index (Phi) is 6.15. The fraction of sp³-hybridized carbons (Fsp3) is 0.471. The van der Waals surface area contributed by atoms with E-state index in [2.05, 4.69) is 6.58 Å². The molecule has 0 spiro atoms. The molecule has 1 heterocycles. The van der Waals surface area contributed by atoms with Gasteiger partial charge in [0.1, 0.15) is 0 Å². The zero-order valence-corrected chi connectivity index (χ0v) is 15.0. The van der Waals surface area contributed by atoms with Crippen molar-refractivity contribution in [1.82, 2.24) is 9.21 Å². The average molecular weight is 352 g/mol. The molecule has 0 aromatic heterocycles. The van der Waals surface area contributed by atoms with E-state index >= 15 is 0 Å². The summed E-state index contributed by atoms with van der Waals surface area (Å²) in [7, 11) is -3.61. The number of benzene rings is 1. The van der Waals surface area contributed by atoms with E-state index in [1.165, 1.54) is 16.4 Å². The molecular weight excluding hydrogens is 328 g/mol. The van der Waals surface area contributed by atoms with Crippen LogP contribution in [-0.2, 0) is 14.8 Å². The predicted octanol–water partition coefficient (Wildman–Crippen LogP) is 1.75. The van der Waals surface area contributed by atoms with Crippen molar-refractivity contribution >= 4 is 15.9 Å². The Morgan fingerprint density at radius 2 is 2.00 bits per heavy atom. The van der Waals surface area contributed by atoms with Crippen LogP contribution in [0.25, 0.3) is 0 Å². The Bertz CT molecular complexity index is 709. The van der Waals surface area contributed by atoms with Crippen molar-refractivity contribution in [2.75, 3.05) is 39.4 Å². The van der Waals surface area contributed by atoms with Crippen molar-refractivity contribution in [3.05, 3.63) is 42.0 Å². The van der Waals surface area contributed by atoms with Gasteiger partial charge in [-0.25, -0.2) is 8.42 Å². The summed E-state index contributed by atoms with van der Waals surface area (Å²) in [6.45, 7) is 10.00. The third-order valence-corrected chi connectivity index (χ3v) is 5.71. The molecular formula is C17H24N2O4S. The van der Waals surface area contributed by atoms with E-state index in [-0.39, 0.29) is 10.8 Å². The van der Waals surface area contributed by atoms with E-state index in [1.807, 2.05) is 13.8 Å².